The molecule has 0 saturated carbocycles. The fourth-order valence-corrected chi connectivity index (χ4v) is 2.26. The molecule has 1 N–H and O–H groups in total. The molecule has 116 valence electrons. The summed E-state index contributed by atoms with van der Waals surface area (Å²) in [5.74, 6) is -0.838. The van der Waals surface area contributed by atoms with Gasteiger partial charge in [0.1, 0.15) is 0 Å². The Morgan fingerprint density at radius 2 is 2.00 bits per heavy atom. The summed E-state index contributed by atoms with van der Waals surface area (Å²) in [5, 5.41) is 8.55. The third-order valence-electron chi connectivity index (χ3n) is 3.56. The third-order valence-corrected chi connectivity index (χ3v) is 3.56. The molecular weight excluding hydrogens is 260 g/mol. The predicted octanol–water partition coefficient (Wildman–Crippen LogP) is 1.79. The molecule has 1 heterocycles. The molecule has 0 bridgehead atoms. The van der Waals surface area contributed by atoms with Gasteiger partial charge < -0.3 is 19.6 Å². The van der Waals surface area contributed by atoms with E-state index in [1.807, 2.05) is 11.9 Å². The van der Waals surface area contributed by atoms with Crippen LogP contribution in [0.25, 0.3) is 0 Å². The summed E-state index contributed by atoms with van der Waals surface area (Å²) in [6.07, 6.45) is 3.80. The number of amides is 2. The van der Waals surface area contributed by atoms with Crippen LogP contribution in [-0.4, -0.2) is 66.3 Å². The van der Waals surface area contributed by atoms with E-state index < -0.39 is 5.97 Å². The van der Waals surface area contributed by atoms with Gasteiger partial charge >= 0.3 is 12.0 Å². The van der Waals surface area contributed by atoms with Gasteiger partial charge in [-0.2, -0.15) is 0 Å². The van der Waals surface area contributed by atoms with Gasteiger partial charge in [-0.05, 0) is 19.3 Å². The molecule has 1 fully saturated rings. The number of carbonyl (C=O) groups is 2. The van der Waals surface area contributed by atoms with Gasteiger partial charge in [0.15, 0.2) is 0 Å². The minimum atomic E-state index is -0.838. The molecule has 1 saturated heterocycles. The fraction of sp³-hybridized carbons (Fsp3) is 0.857. The minimum absolute atomic E-state index is 0.0406. The average Bonchev–Trinajstić information content (AvgIpc) is 2.44. The first-order valence-corrected chi connectivity index (χ1v) is 7.38. The van der Waals surface area contributed by atoms with E-state index in [-0.39, 0.29) is 25.2 Å². The number of carbonyl (C=O) groups excluding carboxylic acids is 1. The lowest BCUT2D eigenvalue weighted by Crippen LogP contribution is -2.46. The van der Waals surface area contributed by atoms with Crippen LogP contribution in [0.1, 0.15) is 39.0 Å². The van der Waals surface area contributed by atoms with Crippen LogP contribution in [-0.2, 0) is 9.53 Å². The number of hydrogen-bond acceptors (Lipinski definition) is 3. The van der Waals surface area contributed by atoms with Gasteiger partial charge in [-0.15, -0.1) is 0 Å². The van der Waals surface area contributed by atoms with Crippen LogP contribution in [0.2, 0.25) is 0 Å². The second kappa shape index (κ2) is 8.79. The lowest BCUT2D eigenvalue weighted by Gasteiger charge is -2.34. The maximum atomic E-state index is 12.1. The van der Waals surface area contributed by atoms with Gasteiger partial charge in [0.2, 0.25) is 0 Å². The van der Waals surface area contributed by atoms with Gasteiger partial charge in [0.25, 0.3) is 0 Å². The van der Waals surface area contributed by atoms with E-state index in [2.05, 4.69) is 6.92 Å². The monoisotopic (exact) mass is 286 g/mol. The van der Waals surface area contributed by atoms with Crippen molar-refractivity contribution in [3.63, 3.8) is 0 Å². The number of unbranched alkanes of at least 4 members (excludes halogenated alkanes) is 1. The van der Waals surface area contributed by atoms with E-state index in [1.165, 1.54) is 0 Å². The van der Waals surface area contributed by atoms with E-state index in [0.29, 0.717) is 13.1 Å². The van der Waals surface area contributed by atoms with E-state index >= 15 is 0 Å². The van der Waals surface area contributed by atoms with Crippen molar-refractivity contribution in [3.8, 4) is 0 Å². The molecule has 6 heteroatoms. The molecule has 0 unspecified atom stereocenters. The quantitative estimate of drug-likeness (QED) is 0.774. The zero-order chi connectivity index (χ0) is 15.0. The molecule has 0 aromatic carbocycles. The zero-order valence-electron chi connectivity index (χ0n) is 12.5. The number of ether oxygens (including phenoxy) is 1. The van der Waals surface area contributed by atoms with Crippen LogP contribution in [0, 0.1) is 0 Å². The molecule has 6 nitrogen and oxygen atoms in total. The Bertz CT molecular complexity index is 314. The molecule has 20 heavy (non-hydrogen) atoms. The zero-order valence-corrected chi connectivity index (χ0v) is 12.5. The molecule has 0 aromatic heterocycles. The molecular formula is C14H26N2O4. The molecule has 0 atom stereocenters. The second-order valence-electron chi connectivity index (χ2n) is 5.26. The molecule has 0 radical (unpaired) electrons. The van der Waals surface area contributed by atoms with Crippen molar-refractivity contribution in [2.24, 2.45) is 0 Å². The molecule has 1 aliphatic rings. The van der Waals surface area contributed by atoms with Crippen molar-refractivity contribution in [1.82, 2.24) is 9.80 Å². The summed E-state index contributed by atoms with van der Waals surface area (Å²) >= 11 is 0. The van der Waals surface area contributed by atoms with Crippen molar-refractivity contribution in [1.29, 1.82) is 0 Å². The van der Waals surface area contributed by atoms with Crippen LogP contribution >= 0.6 is 0 Å². The standard InChI is InChI=1S/C14H26N2O4/c1-3-4-8-15(2)14(19)16-9-5-12(6-10-16)20-11-7-13(17)18/h12H,3-11H2,1-2H3,(H,17,18). The van der Waals surface area contributed by atoms with Gasteiger partial charge in [-0.25, -0.2) is 4.79 Å². The molecule has 2 amide bonds. The molecule has 0 aliphatic carbocycles. The fourth-order valence-electron chi connectivity index (χ4n) is 2.26. The highest BCUT2D eigenvalue weighted by molar-refractivity contribution is 5.74. The van der Waals surface area contributed by atoms with Crippen LogP contribution < -0.4 is 0 Å². The van der Waals surface area contributed by atoms with Crippen molar-refractivity contribution in [3.05, 3.63) is 0 Å². The smallest absolute Gasteiger partial charge is 0.319 e. The normalized spacial score (nSPS) is 16.2. The summed E-state index contributed by atoms with van der Waals surface area (Å²) in [7, 11) is 1.84. The first-order valence-electron chi connectivity index (χ1n) is 7.38. The van der Waals surface area contributed by atoms with Crippen molar-refractivity contribution in [2.75, 3.05) is 33.3 Å². The van der Waals surface area contributed by atoms with Gasteiger partial charge in [0, 0.05) is 26.7 Å². The number of likely N-dealkylation sites (tertiary alicyclic amines) is 1. The summed E-state index contributed by atoms with van der Waals surface area (Å²) < 4.78 is 5.51. The highest BCUT2D eigenvalue weighted by Crippen LogP contribution is 2.15. The van der Waals surface area contributed by atoms with Crippen LogP contribution in [0.15, 0.2) is 0 Å². The first-order chi connectivity index (χ1) is 9.54. The number of piperidine rings is 1. The third kappa shape index (κ3) is 5.77. The number of rotatable bonds is 7. The summed E-state index contributed by atoms with van der Waals surface area (Å²) in [6.45, 7) is 4.53. The Hall–Kier alpha value is -1.30. The maximum absolute atomic E-state index is 12.1. The minimum Gasteiger partial charge on any atom is -0.481 e. The van der Waals surface area contributed by atoms with Gasteiger partial charge in [-0.1, -0.05) is 13.3 Å². The number of aliphatic carboxylic acids is 1. The Morgan fingerprint density at radius 3 is 2.55 bits per heavy atom. The number of carboxylic acids is 1. The van der Waals surface area contributed by atoms with E-state index in [0.717, 1.165) is 32.2 Å². The number of nitrogens with zero attached hydrogens (tertiary/aromatic N) is 2. The highest BCUT2D eigenvalue weighted by atomic mass is 16.5. The maximum Gasteiger partial charge on any atom is 0.319 e. The van der Waals surface area contributed by atoms with E-state index in [4.69, 9.17) is 9.84 Å². The number of urea groups is 1. The second-order valence-corrected chi connectivity index (χ2v) is 5.26. The predicted molar refractivity (Wildman–Crippen MR) is 75.7 cm³/mol. The van der Waals surface area contributed by atoms with Crippen LogP contribution in [0.4, 0.5) is 4.79 Å². The van der Waals surface area contributed by atoms with Crippen molar-refractivity contribution < 1.29 is 19.4 Å². The van der Waals surface area contributed by atoms with Crippen molar-refractivity contribution >= 4 is 12.0 Å². The Kier molecular flexibility index (Phi) is 7.36. The largest absolute Gasteiger partial charge is 0.481 e. The Balaban J connectivity index is 2.23. The molecule has 1 aliphatic heterocycles. The van der Waals surface area contributed by atoms with E-state index in [9.17, 15) is 9.59 Å². The highest BCUT2D eigenvalue weighted by Gasteiger charge is 2.25. The Labute approximate surface area is 120 Å². The summed E-state index contributed by atoms with van der Waals surface area (Å²) in [4.78, 5) is 26.2. The van der Waals surface area contributed by atoms with Gasteiger partial charge in [-0.3, -0.25) is 4.79 Å². The first kappa shape index (κ1) is 16.8. The molecule has 1 rings (SSSR count). The topological polar surface area (TPSA) is 70.1 Å². The molecule has 0 spiro atoms. The SMILES string of the molecule is CCCCN(C)C(=O)N1CCC(OCCC(=O)O)CC1. The molecule has 0 aromatic rings. The average molecular weight is 286 g/mol. The van der Waals surface area contributed by atoms with Crippen LogP contribution in [0.3, 0.4) is 0 Å². The summed E-state index contributed by atoms with van der Waals surface area (Å²) in [5.41, 5.74) is 0. The number of hydrogen-bond donors (Lipinski definition) is 1. The van der Waals surface area contributed by atoms with Gasteiger partial charge in [0.05, 0.1) is 19.1 Å². The lowest BCUT2D eigenvalue weighted by molar-refractivity contribution is -0.138. The summed E-state index contributed by atoms with van der Waals surface area (Å²) in [6, 6.07) is 0.0856. The van der Waals surface area contributed by atoms with Crippen molar-refractivity contribution in [2.45, 2.75) is 45.1 Å². The number of carboxylic acid groups (broad SMARTS) is 1. The lowest BCUT2D eigenvalue weighted by atomic mass is 10.1. The Morgan fingerprint density at radius 1 is 1.35 bits per heavy atom. The van der Waals surface area contributed by atoms with Crippen LogP contribution in [0.5, 0.6) is 0 Å². The van der Waals surface area contributed by atoms with E-state index in [1.54, 1.807) is 4.90 Å².